The number of hydrogen-bond acceptors (Lipinski definition) is 21. The van der Waals surface area contributed by atoms with Gasteiger partial charge in [-0.25, -0.2) is 24.0 Å². The number of benzene rings is 5. The zero-order valence-corrected chi connectivity index (χ0v) is 94.5. The largest absolute Gasteiger partial charge is 0.463 e. The summed E-state index contributed by atoms with van der Waals surface area (Å²) in [6, 6.07) is 37.2. The number of alkyl halides is 6. The predicted octanol–water partition coefficient (Wildman–Crippen LogP) is 25.9. The molecule has 4 saturated heterocycles. The summed E-state index contributed by atoms with van der Waals surface area (Å²) >= 11 is 0. The Hall–Kier alpha value is -9.94. The maximum atomic E-state index is 12.6. The van der Waals surface area contributed by atoms with Crippen LogP contribution < -0.4 is 10.6 Å². The van der Waals surface area contributed by atoms with Crippen LogP contribution in [0.15, 0.2) is 115 Å². The van der Waals surface area contributed by atoms with Crippen molar-refractivity contribution in [2.24, 2.45) is 21.7 Å². The van der Waals surface area contributed by atoms with E-state index in [2.05, 4.69) is 208 Å². The molecule has 0 saturated carbocycles. The standard InChI is InChI=1S/2C14H22.C13H17F3O.C13H21NO6.C12H15F3.C12H19NO5.C12H18O6.C11H16.C10H19NO2.C5H12O/c2*1-6-11(2)12-7-9-13(10-8-12)14(3,4)5;1-4-9(2)10-5-7-11(8-6-10)12(3,17)13(14,15)16;1-4-13(2,3)11(16)19-8-6-14-12(17)20-9-5-7-18-10(9)15;1-4-9(3)10-5-8(2)6-11(7-10)12(13,14)15;1-4-12(2,3)11(16)13-7-9(14)18-8-5-6-17-10(8)15;1-4-12(2,3)11(15)17-7-9(13)18-8-5-6-16-10(8)14;1-4-10(3)11-7-5-9(2)6-8-11;1-4-10(2,3)9(12)11-5-7-13-8-6-11;1-4-5(2)6-3/h2*7-11H,6H2,1-5H3;5-9,17H,4H2,1-3H3;9H,4-8H2,1-3H3,(H,14,17);5-7,9H,4H2,1-3H3;8H,4-7H2,1-3H3,(H,13,16);8H,4-7H2,1-3H3;5-8,10H,4H2,1-3H3;4-8H2,1-3H3;5H,4H2,1-3H3. The maximum Gasteiger partial charge on any atom is 0.421 e. The molecule has 146 heavy (non-hydrogen) atoms. The predicted molar refractivity (Wildman–Crippen MR) is 563 cm³/mol. The summed E-state index contributed by atoms with van der Waals surface area (Å²) in [6.07, 6.45) is -1.25. The van der Waals surface area contributed by atoms with E-state index in [0.717, 1.165) is 56.8 Å². The Balaban J connectivity index is 0.00000161. The van der Waals surface area contributed by atoms with Crippen LogP contribution in [-0.2, 0) is 113 Å². The van der Waals surface area contributed by atoms with Gasteiger partial charge in [0.05, 0.1) is 62.1 Å². The van der Waals surface area contributed by atoms with E-state index >= 15 is 0 Å². The lowest BCUT2D eigenvalue weighted by atomic mass is 9.85. The van der Waals surface area contributed by atoms with E-state index < -0.39 is 107 Å². The highest BCUT2D eigenvalue weighted by Gasteiger charge is 2.51. The normalized spacial score (nSPS) is 16.7. The van der Waals surface area contributed by atoms with E-state index in [1.807, 2.05) is 73.3 Å². The van der Waals surface area contributed by atoms with Crippen molar-refractivity contribution in [3.8, 4) is 0 Å². The van der Waals surface area contributed by atoms with E-state index in [1.165, 1.54) is 76.9 Å². The third-order valence-corrected chi connectivity index (χ3v) is 26.9. The van der Waals surface area contributed by atoms with Gasteiger partial charge in [0, 0.05) is 50.3 Å². The lowest BCUT2D eigenvalue weighted by Crippen LogP contribution is -2.46. The molecule has 0 radical (unpaired) electrons. The van der Waals surface area contributed by atoms with Gasteiger partial charge in [-0.05, 0) is 217 Å². The summed E-state index contributed by atoms with van der Waals surface area (Å²) in [6.45, 7) is 69.3. The van der Waals surface area contributed by atoms with Crippen molar-refractivity contribution < 1.29 is 127 Å². The van der Waals surface area contributed by atoms with Gasteiger partial charge in [0.15, 0.2) is 12.2 Å². The van der Waals surface area contributed by atoms with E-state index in [0.29, 0.717) is 87.1 Å². The molecule has 4 aliphatic rings. The molecule has 0 aromatic heterocycles. The number of halogens is 6. The van der Waals surface area contributed by atoms with Crippen LogP contribution in [0.4, 0.5) is 31.1 Å². The quantitative estimate of drug-likeness (QED) is 0.0161. The molecule has 30 heteroatoms. The highest BCUT2D eigenvalue weighted by atomic mass is 19.4. The number of nitrogens with one attached hydrogen (secondary N) is 2. The number of carbonyl (C=O) groups is 10. The number of alkyl carbamates (subject to hydrolysis) is 1. The number of hydrogen-bond donors (Lipinski definition) is 3. The SMILES string of the molecule is CCC(C)(C)C(=O)N1CCOCC1.CCC(C)(C)C(=O)NCC(=O)OC1CCOC1=O.CCC(C)(C)C(=O)OCC(=O)OC1CCOC1=O.CCC(C)(C)C(=O)OCCNC(=O)OC1CCOC1=O.CCC(C)OC.CCC(C)c1cc(C)cc(C(F)(F)F)c1.CCC(C)c1ccc(C(C)(C)C)cc1.CCC(C)c1ccc(C(C)(C)C)cc1.CCC(C)c1ccc(C(C)(O)C(F)(F)F)cc1.CCC(C)c1ccc(C)cc1. The molecule has 0 spiro atoms. The van der Waals surface area contributed by atoms with Crippen molar-refractivity contribution >= 4 is 59.7 Å². The summed E-state index contributed by atoms with van der Waals surface area (Å²) in [7, 11) is 1.73. The van der Waals surface area contributed by atoms with Crippen molar-refractivity contribution in [2.75, 3.05) is 79.5 Å². The van der Waals surface area contributed by atoms with Crippen molar-refractivity contribution in [3.05, 3.63) is 176 Å². The second kappa shape index (κ2) is 65.8. The minimum absolute atomic E-state index is 0.0620. The summed E-state index contributed by atoms with van der Waals surface area (Å²) in [5, 5.41) is 14.4. The second-order valence-corrected chi connectivity index (χ2v) is 42.4. The summed E-state index contributed by atoms with van der Waals surface area (Å²) in [5.41, 5.74) is 6.16. The van der Waals surface area contributed by atoms with Crippen LogP contribution in [0.2, 0.25) is 0 Å². The molecule has 3 N–H and O–H groups in total. The van der Waals surface area contributed by atoms with Crippen LogP contribution >= 0.6 is 0 Å². The first-order chi connectivity index (χ1) is 67.6. The van der Waals surface area contributed by atoms with E-state index in [1.54, 1.807) is 67.7 Å². The molecule has 24 nitrogen and oxygen atoms in total. The lowest BCUT2D eigenvalue weighted by molar-refractivity contribution is -0.258. The van der Waals surface area contributed by atoms with E-state index in [4.69, 9.17) is 33.2 Å². The average molecular weight is 2070 g/mol. The molecule has 0 bridgehead atoms. The highest BCUT2D eigenvalue weighted by molar-refractivity contribution is 5.87. The Kier molecular flexibility index (Phi) is 61.3. The Morgan fingerprint density at radius 1 is 0.411 bits per heavy atom. The average Bonchev–Trinajstić information content (AvgIpc) is 1.19. The molecule has 3 amide bonds. The number of esters is 7. The maximum absolute atomic E-state index is 12.6. The first kappa shape index (κ1) is 136. The molecule has 10 atom stereocenters. The summed E-state index contributed by atoms with van der Waals surface area (Å²) in [4.78, 5) is 116. The molecule has 4 aliphatic heterocycles. The number of ether oxygens (including phenoxy) is 10. The molecule has 10 unspecified atom stereocenters. The van der Waals surface area contributed by atoms with Gasteiger partial charge in [-0.3, -0.25) is 24.0 Å². The Bertz CT molecular complexity index is 4530. The van der Waals surface area contributed by atoms with E-state index in [-0.39, 0.29) is 85.0 Å². The first-order valence-corrected chi connectivity index (χ1v) is 51.9. The zero-order valence-electron chi connectivity index (χ0n) is 94.5. The minimum Gasteiger partial charge on any atom is -0.463 e. The van der Waals surface area contributed by atoms with Crippen molar-refractivity contribution in [1.29, 1.82) is 0 Å². The summed E-state index contributed by atoms with van der Waals surface area (Å²) < 4.78 is 124. The third-order valence-electron chi connectivity index (χ3n) is 26.9. The molecular weight excluding hydrogens is 1890 g/mol. The Labute approximate surface area is 869 Å². The van der Waals surface area contributed by atoms with Crippen LogP contribution in [0.25, 0.3) is 0 Å². The van der Waals surface area contributed by atoms with Gasteiger partial charge in [-0.2, -0.15) is 26.3 Å². The van der Waals surface area contributed by atoms with Gasteiger partial charge in [0.2, 0.25) is 30.1 Å². The fourth-order valence-electron chi connectivity index (χ4n) is 12.7. The zero-order chi connectivity index (χ0) is 112. The Morgan fingerprint density at radius 2 is 0.760 bits per heavy atom. The van der Waals surface area contributed by atoms with Gasteiger partial charge >= 0.3 is 60.2 Å². The monoisotopic (exact) mass is 2070 g/mol. The second-order valence-electron chi connectivity index (χ2n) is 42.4. The Morgan fingerprint density at radius 3 is 1.08 bits per heavy atom. The smallest absolute Gasteiger partial charge is 0.421 e. The van der Waals surface area contributed by atoms with E-state index in [9.17, 15) is 79.4 Å². The van der Waals surface area contributed by atoms with Gasteiger partial charge in [-0.1, -0.05) is 287 Å². The van der Waals surface area contributed by atoms with Crippen LogP contribution in [0.1, 0.15) is 389 Å². The van der Waals surface area contributed by atoms with Crippen molar-refractivity contribution in [2.45, 2.75) is 395 Å². The number of cyclic esters (lactones) is 3. The number of morpholine rings is 1. The van der Waals surface area contributed by atoms with Crippen molar-refractivity contribution in [3.63, 3.8) is 0 Å². The van der Waals surface area contributed by atoms with Crippen LogP contribution in [-0.4, -0.2) is 180 Å². The number of methoxy groups -OCH3 is 1. The molecule has 4 heterocycles. The highest BCUT2D eigenvalue weighted by Crippen LogP contribution is 2.40. The molecule has 5 aromatic rings. The molecule has 0 aliphatic carbocycles. The van der Waals surface area contributed by atoms with Gasteiger partial charge in [-0.15, -0.1) is 0 Å². The van der Waals surface area contributed by atoms with Gasteiger partial charge in [0.25, 0.3) is 0 Å². The summed E-state index contributed by atoms with van der Waals surface area (Å²) in [5.74, 6) is -1.14. The number of rotatable bonds is 31. The van der Waals surface area contributed by atoms with Crippen molar-refractivity contribution in [1.82, 2.24) is 15.5 Å². The van der Waals surface area contributed by atoms with Gasteiger partial charge < -0.3 is 68.0 Å². The van der Waals surface area contributed by atoms with Crippen LogP contribution in [0.5, 0.6) is 0 Å². The number of aryl methyl sites for hydroxylation is 2. The molecule has 5 aromatic carbocycles. The van der Waals surface area contributed by atoms with Crippen LogP contribution in [0.3, 0.4) is 0 Å². The molecular formula is C116H181F6N3O21. The topological polar surface area (TPSA) is 311 Å². The van der Waals surface area contributed by atoms with Gasteiger partial charge in [0.1, 0.15) is 13.2 Å². The molecule has 828 valence electrons. The first-order valence-electron chi connectivity index (χ1n) is 51.9. The number of aliphatic hydroxyl groups is 1. The minimum atomic E-state index is -4.66. The third kappa shape index (κ3) is 50.8. The fourth-order valence-corrected chi connectivity index (χ4v) is 12.7. The molecule has 4 fully saturated rings. The fraction of sp³-hybridized carbons (Fsp3) is 0.655. The number of amides is 3. The lowest BCUT2D eigenvalue weighted by Gasteiger charge is -2.33. The number of nitrogens with zero attached hydrogens (tertiary/aromatic N) is 1. The van der Waals surface area contributed by atoms with Crippen LogP contribution in [0, 0.1) is 35.5 Å². The number of carbonyl (C=O) groups excluding carboxylic acids is 10. The molecule has 9 rings (SSSR count).